The summed E-state index contributed by atoms with van der Waals surface area (Å²) in [5, 5.41) is 12.3. The molecule has 3 rings (SSSR count). The maximum Gasteiger partial charge on any atom is 0.114 e. The second-order valence-corrected chi connectivity index (χ2v) is 5.91. The van der Waals surface area contributed by atoms with Crippen molar-refractivity contribution in [2.45, 2.75) is 32.1 Å². The number of nitrogens with zero attached hydrogens (tertiary/aromatic N) is 2. The molecule has 3 heteroatoms. The minimum absolute atomic E-state index is 0.263. The van der Waals surface area contributed by atoms with Crippen molar-refractivity contribution >= 4 is 11.3 Å². The number of aromatic nitrogens is 1. The lowest BCUT2D eigenvalue weighted by molar-refractivity contribution is 0.891. The van der Waals surface area contributed by atoms with Crippen molar-refractivity contribution in [3.8, 4) is 17.3 Å². The fraction of sp³-hybridized carbons (Fsp3) is 0.333. The van der Waals surface area contributed by atoms with E-state index in [9.17, 15) is 5.26 Å². The molecule has 0 atom stereocenters. The third kappa shape index (κ3) is 1.74. The first-order valence-corrected chi connectivity index (χ1v) is 6.97. The molecule has 0 unspecified atom stereocenters. The monoisotopic (exact) mass is 254 g/mol. The van der Waals surface area contributed by atoms with Gasteiger partial charge in [-0.25, -0.2) is 4.98 Å². The van der Waals surface area contributed by atoms with Crippen molar-refractivity contribution < 1.29 is 0 Å². The van der Waals surface area contributed by atoms with E-state index in [1.165, 1.54) is 16.7 Å². The van der Waals surface area contributed by atoms with Gasteiger partial charge in [-0.1, -0.05) is 17.7 Å². The fourth-order valence-electron chi connectivity index (χ4n) is 2.13. The van der Waals surface area contributed by atoms with Crippen LogP contribution in [0.25, 0.3) is 11.3 Å². The van der Waals surface area contributed by atoms with Gasteiger partial charge in [0.1, 0.15) is 10.4 Å². The van der Waals surface area contributed by atoms with E-state index in [1.807, 2.05) is 0 Å². The van der Waals surface area contributed by atoms with E-state index in [0.29, 0.717) is 0 Å². The average Bonchev–Trinajstić information content (AvgIpc) is 3.02. The Morgan fingerprint density at radius 2 is 2.11 bits per heavy atom. The summed E-state index contributed by atoms with van der Waals surface area (Å²) in [7, 11) is 0. The van der Waals surface area contributed by atoms with Crippen LogP contribution < -0.4 is 0 Å². The molecular weight excluding hydrogens is 240 g/mol. The number of thiazole rings is 1. The van der Waals surface area contributed by atoms with Gasteiger partial charge in [0.05, 0.1) is 11.8 Å². The minimum Gasteiger partial charge on any atom is -0.239 e. The number of hydrogen-bond acceptors (Lipinski definition) is 3. The second-order valence-electron chi connectivity index (χ2n) is 5.05. The molecular formula is C15H14N2S. The Kier molecular flexibility index (Phi) is 2.49. The smallest absolute Gasteiger partial charge is 0.114 e. The molecule has 1 aromatic carbocycles. The van der Waals surface area contributed by atoms with E-state index in [1.54, 1.807) is 11.3 Å². The summed E-state index contributed by atoms with van der Waals surface area (Å²) in [6, 6.07) is 8.81. The number of benzene rings is 1. The Morgan fingerprint density at radius 1 is 1.33 bits per heavy atom. The van der Waals surface area contributed by atoms with Gasteiger partial charge < -0.3 is 0 Å². The Morgan fingerprint density at radius 3 is 2.78 bits per heavy atom. The zero-order chi connectivity index (χ0) is 12.8. The van der Waals surface area contributed by atoms with Crippen LogP contribution in [0.15, 0.2) is 23.6 Å². The van der Waals surface area contributed by atoms with Crippen LogP contribution in [-0.4, -0.2) is 4.98 Å². The molecule has 0 radical (unpaired) electrons. The van der Waals surface area contributed by atoms with Crippen molar-refractivity contribution in [2.75, 3.05) is 0 Å². The van der Waals surface area contributed by atoms with E-state index in [4.69, 9.17) is 0 Å². The van der Waals surface area contributed by atoms with E-state index in [2.05, 4.69) is 48.5 Å². The molecule has 1 fully saturated rings. The van der Waals surface area contributed by atoms with Crippen LogP contribution in [0.4, 0.5) is 0 Å². The average molecular weight is 254 g/mol. The van der Waals surface area contributed by atoms with Crippen molar-refractivity contribution in [3.63, 3.8) is 0 Å². The summed E-state index contributed by atoms with van der Waals surface area (Å²) in [5.74, 6) is 0. The molecule has 1 saturated carbocycles. The lowest BCUT2D eigenvalue weighted by Gasteiger charge is -2.04. The predicted octanol–water partition coefficient (Wildman–Crippen LogP) is 3.98. The first-order chi connectivity index (χ1) is 8.64. The highest BCUT2D eigenvalue weighted by molar-refractivity contribution is 7.10. The van der Waals surface area contributed by atoms with Gasteiger partial charge >= 0.3 is 0 Å². The number of rotatable bonds is 2. The van der Waals surface area contributed by atoms with Crippen molar-refractivity contribution in [3.05, 3.63) is 39.7 Å². The second kappa shape index (κ2) is 3.93. The lowest BCUT2D eigenvalue weighted by atomic mass is 10.0. The van der Waals surface area contributed by atoms with Gasteiger partial charge in [-0.05, 0) is 38.3 Å². The fourth-order valence-corrected chi connectivity index (χ4v) is 3.16. The van der Waals surface area contributed by atoms with Gasteiger partial charge in [0.15, 0.2) is 0 Å². The van der Waals surface area contributed by atoms with Crippen LogP contribution >= 0.6 is 11.3 Å². The van der Waals surface area contributed by atoms with Gasteiger partial charge in [-0.15, -0.1) is 11.3 Å². The molecule has 1 aliphatic carbocycles. The van der Waals surface area contributed by atoms with Crippen LogP contribution in [0, 0.1) is 25.2 Å². The summed E-state index contributed by atoms with van der Waals surface area (Å²) < 4.78 is 0. The molecule has 0 bridgehead atoms. The maximum atomic E-state index is 9.21. The first-order valence-electron chi connectivity index (χ1n) is 6.09. The van der Waals surface area contributed by atoms with Gasteiger partial charge in [0.25, 0.3) is 0 Å². The van der Waals surface area contributed by atoms with Gasteiger partial charge in [-0.2, -0.15) is 5.26 Å². The van der Waals surface area contributed by atoms with Crippen LogP contribution in [0.5, 0.6) is 0 Å². The molecule has 2 nitrogen and oxygen atoms in total. The van der Waals surface area contributed by atoms with Crippen molar-refractivity contribution in [1.82, 2.24) is 4.98 Å². The maximum absolute atomic E-state index is 9.21. The highest BCUT2D eigenvalue weighted by Crippen LogP contribution is 2.49. The largest absolute Gasteiger partial charge is 0.239 e. The Labute approximate surface area is 111 Å². The molecule has 90 valence electrons. The zero-order valence-corrected chi connectivity index (χ0v) is 11.3. The number of hydrogen-bond donors (Lipinski definition) is 0. The predicted molar refractivity (Wildman–Crippen MR) is 73.5 cm³/mol. The van der Waals surface area contributed by atoms with Crippen molar-refractivity contribution in [1.29, 1.82) is 5.26 Å². The Balaban J connectivity index is 2.04. The van der Waals surface area contributed by atoms with Crippen LogP contribution in [-0.2, 0) is 5.41 Å². The SMILES string of the molecule is Cc1ccc(C)c(-c2csc(C3(C#N)CC3)n2)c1. The minimum atomic E-state index is -0.263. The molecule has 1 aromatic heterocycles. The standard InChI is InChI=1S/C15H14N2S/c1-10-3-4-11(2)12(7-10)13-8-18-14(17-13)15(9-16)5-6-15/h3-4,7-8H,5-6H2,1-2H3. The molecule has 1 heterocycles. The summed E-state index contributed by atoms with van der Waals surface area (Å²) >= 11 is 1.62. The van der Waals surface area contributed by atoms with Gasteiger partial charge in [0, 0.05) is 10.9 Å². The molecule has 18 heavy (non-hydrogen) atoms. The quantitative estimate of drug-likeness (QED) is 0.812. The highest BCUT2D eigenvalue weighted by atomic mass is 32.1. The summed E-state index contributed by atoms with van der Waals surface area (Å²) in [5.41, 5.74) is 4.41. The number of aryl methyl sites for hydroxylation is 2. The van der Waals surface area contributed by atoms with Crippen molar-refractivity contribution in [2.24, 2.45) is 0 Å². The zero-order valence-electron chi connectivity index (χ0n) is 10.5. The van der Waals surface area contributed by atoms with E-state index in [-0.39, 0.29) is 5.41 Å². The molecule has 2 aromatic rings. The van der Waals surface area contributed by atoms with E-state index < -0.39 is 0 Å². The summed E-state index contributed by atoms with van der Waals surface area (Å²) in [4.78, 5) is 4.68. The van der Waals surface area contributed by atoms with E-state index >= 15 is 0 Å². The molecule has 1 aliphatic rings. The van der Waals surface area contributed by atoms with Crippen LogP contribution in [0.1, 0.15) is 29.0 Å². The lowest BCUT2D eigenvalue weighted by Crippen LogP contribution is -2.01. The molecule has 0 spiro atoms. The molecule has 0 saturated heterocycles. The molecule has 0 N–H and O–H groups in total. The highest BCUT2D eigenvalue weighted by Gasteiger charge is 2.47. The Hall–Kier alpha value is -1.66. The van der Waals surface area contributed by atoms with E-state index in [0.717, 1.165) is 23.5 Å². The summed E-state index contributed by atoms with van der Waals surface area (Å²) in [6.45, 7) is 4.19. The first kappa shape index (κ1) is 11.4. The normalized spacial score (nSPS) is 16.3. The third-order valence-electron chi connectivity index (χ3n) is 3.55. The Bertz CT molecular complexity index is 645. The molecule has 0 aliphatic heterocycles. The molecule has 0 amide bonds. The number of nitriles is 1. The third-order valence-corrected chi connectivity index (χ3v) is 4.59. The van der Waals surface area contributed by atoms with Crippen LogP contribution in [0.2, 0.25) is 0 Å². The van der Waals surface area contributed by atoms with Gasteiger partial charge in [0.2, 0.25) is 0 Å². The topological polar surface area (TPSA) is 36.7 Å². The summed E-state index contributed by atoms with van der Waals surface area (Å²) in [6.07, 6.45) is 1.92. The van der Waals surface area contributed by atoms with Crippen LogP contribution in [0.3, 0.4) is 0 Å². The van der Waals surface area contributed by atoms with Gasteiger partial charge in [-0.3, -0.25) is 0 Å².